The first kappa shape index (κ1) is 25.6. The lowest BCUT2D eigenvalue weighted by Crippen LogP contribution is -2.48. The number of thioether (sulfide) groups is 1. The molecule has 0 aliphatic carbocycles. The largest absolute Gasteiger partial charge is 0.346 e. The highest BCUT2D eigenvalue weighted by molar-refractivity contribution is 7.98. The van der Waals surface area contributed by atoms with Crippen molar-refractivity contribution < 1.29 is 18.0 Å². The average Bonchev–Trinajstić information content (AvgIpc) is 2.77. The highest BCUT2D eigenvalue weighted by atomic mass is 32.2. The zero-order valence-electron chi connectivity index (χ0n) is 18.4. The molecule has 3 N–H and O–H groups in total. The second kappa shape index (κ2) is 12.4. The van der Waals surface area contributed by atoms with Gasteiger partial charge in [0, 0.05) is 11.1 Å². The first-order valence-electron chi connectivity index (χ1n) is 10.1. The van der Waals surface area contributed by atoms with Crippen molar-refractivity contribution in [2.45, 2.75) is 26.3 Å². The van der Waals surface area contributed by atoms with Crippen LogP contribution in [0, 0.1) is 13.8 Å². The molecule has 0 radical (unpaired) electrons. The number of sulfonamides is 1. The van der Waals surface area contributed by atoms with Crippen molar-refractivity contribution in [3.8, 4) is 0 Å². The molecule has 0 aliphatic heterocycles. The van der Waals surface area contributed by atoms with Crippen LogP contribution in [0.2, 0.25) is 0 Å². The van der Waals surface area contributed by atoms with Gasteiger partial charge in [0.1, 0.15) is 6.04 Å². The fourth-order valence-electron chi connectivity index (χ4n) is 2.93. The Balaban J connectivity index is 1.99. The molecule has 0 spiro atoms. The number of benzene rings is 2. The molecule has 32 heavy (non-hydrogen) atoms. The van der Waals surface area contributed by atoms with Crippen LogP contribution in [-0.2, 0) is 19.6 Å². The fourth-order valence-corrected chi connectivity index (χ4v) is 4.44. The van der Waals surface area contributed by atoms with Gasteiger partial charge >= 0.3 is 0 Å². The molecule has 2 rings (SSSR count). The van der Waals surface area contributed by atoms with Crippen LogP contribution in [0.15, 0.2) is 53.9 Å². The maximum Gasteiger partial charge on any atom is 0.243 e. The molecule has 0 saturated carbocycles. The smallest absolute Gasteiger partial charge is 0.243 e. The molecule has 2 amide bonds. The molecular weight excluding hydrogens is 446 g/mol. The normalized spacial score (nSPS) is 12.5. The van der Waals surface area contributed by atoms with Crippen LogP contribution in [0.25, 0.3) is 6.08 Å². The van der Waals surface area contributed by atoms with Crippen molar-refractivity contribution in [2.75, 3.05) is 23.9 Å². The summed E-state index contributed by atoms with van der Waals surface area (Å²) in [7, 11) is -3.85. The van der Waals surface area contributed by atoms with Crippen molar-refractivity contribution in [1.82, 2.24) is 10.0 Å². The van der Waals surface area contributed by atoms with E-state index in [1.54, 1.807) is 24.3 Å². The van der Waals surface area contributed by atoms with Gasteiger partial charge in [-0.25, -0.2) is 8.42 Å². The van der Waals surface area contributed by atoms with E-state index in [4.69, 9.17) is 0 Å². The van der Waals surface area contributed by atoms with Crippen LogP contribution in [0.3, 0.4) is 0 Å². The zero-order chi connectivity index (χ0) is 23.6. The van der Waals surface area contributed by atoms with Gasteiger partial charge in [-0.1, -0.05) is 48.5 Å². The predicted octanol–water partition coefficient (Wildman–Crippen LogP) is 3.07. The molecule has 7 nitrogen and oxygen atoms in total. The topological polar surface area (TPSA) is 104 Å². The number of para-hydroxylation sites is 1. The molecule has 2 aromatic carbocycles. The third-order valence-corrected chi connectivity index (χ3v) is 6.39. The summed E-state index contributed by atoms with van der Waals surface area (Å²) in [5, 5.41) is 6.37. The summed E-state index contributed by atoms with van der Waals surface area (Å²) in [6.45, 7) is 3.51. The molecular formula is C23H29N3O4S2. The molecule has 9 heteroatoms. The standard InChI is InChI=1S/C23H29N3O4S2/c1-17-8-7-9-18(2)22(17)25-21(27)16-24-23(28)20(12-14-31-3)26-32(29,30)15-13-19-10-5-4-6-11-19/h4-11,13,15,20,26H,12,14,16H2,1-3H3,(H,24,28)(H,25,27)/b15-13+/t20-/m0/s1. The van der Waals surface area contributed by atoms with E-state index in [1.807, 2.05) is 44.4 Å². The number of aryl methyl sites for hydroxylation is 2. The fraction of sp³-hybridized carbons (Fsp3) is 0.304. The van der Waals surface area contributed by atoms with E-state index in [2.05, 4.69) is 15.4 Å². The van der Waals surface area contributed by atoms with E-state index >= 15 is 0 Å². The molecule has 1 atom stereocenters. The Morgan fingerprint density at radius 3 is 2.31 bits per heavy atom. The van der Waals surface area contributed by atoms with Gasteiger partial charge in [-0.3, -0.25) is 9.59 Å². The molecule has 172 valence electrons. The number of hydrogen-bond acceptors (Lipinski definition) is 5. The lowest BCUT2D eigenvalue weighted by molar-refractivity contribution is -0.125. The third kappa shape index (κ3) is 8.49. The Morgan fingerprint density at radius 1 is 1.03 bits per heavy atom. The van der Waals surface area contributed by atoms with E-state index in [1.165, 1.54) is 17.8 Å². The molecule has 0 aliphatic rings. The number of carbonyl (C=O) groups is 2. The van der Waals surface area contributed by atoms with Gasteiger partial charge in [0.15, 0.2) is 0 Å². The minimum absolute atomic E-state index is 0.260. The minimum atomic E-state index is -3.85. The highest BCUT2D eigenvalue weighted by Gasteiger charge is 2.23. The highest BCUT2D eigenvalue weighted by Crippen LogP contribution is 2.19. The lowest BCUT2D eigenvalue weighted by Gasteiger charge is -2.17. The van der Waals surface area contributed by atoms with Crippen LogP contribution in [-0.4, -0.2) is 44.8 Å². The number of hydrogen-bond donors (Lipinski definition) is 3. The van der Waals surface area contributed by atoms with E-state index in [0.717, 1.165) is 22.1 Å². The molecule has 2 aromatic rings. The van der Waals surface area contributed by atoms with Crippen LogP contribution in [0.4, 0.5) is 5.69 Å². The molecule has 0 aromatic heterocycles. The Bertz CT molecular complexity index is 1030. The molecule has 0 fully saturated rings. The summed E-state index contributed by atoms with van der Waals surface area (Å²) in [4.78, 5) is 25.0. The first-order valence-corrected chi connectivity index (χ1v) is 13.0. The number of rotatable bonds is 11. The maximum atomic E-state index is 12.6. The maximum absolute atomic E-state index is 12.6. The molecule has 0 bridgehead atoms. The zero-order valence-corrected chi connectivity index (χ0v) is 20.1. The van der Waals surface area contributed by atoms with Crippen LogP contribution in [0.1, 0.15) is 23.1 Å². The van der Waals surface area contributed by atoms with Gasteiger partial charge in [-0.05, 0) is 55.0 Å². The Kier molecular flexibility index (Phi) is 9.96. The Hall–Kier alpha value is -2.62. The third-order valence-electron chi connectivity index (χ3n) is 4.64. The van der Waals surface area contributed by atoms with Gasteiger partial charge in [0.05, 0.1) is 6.54 Å². The van der Waals surface area contributed by atoms with Gasteiger partial charge in [-0.15, -0.1) is 0 Å². The molecule has 0 heterocycles. The van der Waals surface area contributed by atoms with Gasteiger partial charge < -0.3 is 10.6 Å². The van der Waals surface area contributed by atoms with E-state index in [9.17, 15) is 18.0 Å². The number of carbonyl (C=O) groups excluding carboxylic acids is 2. The monoisotopic (exact) mass is 475 g/mol. The van der Waals surface area contributed by atoms with Crippen molar-refractivity contribution >= 4 is 45.4 Å². The summed E-state index contributed by atoms with van der Waals surface area (Å²) in [6.07, 6.45) is 3.63. The number of anilines is 1. The Labute approximate surface area is 194 Å². The van der Waals surface area contributed by atoms with Gasteiger partial charge in [0.2, 0.25) is 21.8 Å². The second-order valence-electron chi connectivity index (χ2n) is 7.24. The lowest BCUT2D eigenvalue weighted by atomic mass is 10.1. The van der Waals surface area contributed by atoms with Crippen molar-refractivity contribution in [1.29, 1.82) is 0 Å². The van der Waals surface area contributed by atoms with Crippen LogP contribution < -0.4 is 15.4 Å². The summed E-state index contributed by atoms with van der Waals surface area (Å²) >= 11 is 1.50. The molecule has 0 unspecified atom stereocenters. The number of nitrogens with one attached hydrogen (secondary N) is 3. The first-order chi connectivity index (χ1) is 15.2. The van der Waals surface area contributed by atoms with Crippen molar-refractivity contribution in [2.24, 2.45) is 0 Å². The summed E-state index contributed by atoms with van der Waals surface area (Å²) in [5.41, 5.74) is 3.27. The SMILES string of the molecule is CSCC[C@H](NS(=O)(=O)/C=C/c1ccccc1)C(=O)NCC(=O)Nc1c(C)cccc1C. The van der Waals surface area contributed by atoms with Crippen molar-refractivity contribution in [3.05, 3.63) is 70.6 Å². The second-order valence-corrected chi connectivity index (χ2v) is 9.83. The van der Waals surface area contributed by atoms with Gasteiger partial charge in [0.25, 0.3) is 0 Å². The Morgan fingerprint density at radius 2 is 1.69 bits per heavy atom. The summed E-state index contributed by atoms with van der Waals surface area (Å²) in [6, 6.07) is 13.7. The van der Waals surface area contributed by atoms with E-state index in [-0.39, 0.29) is 12.5 Å². The summed E-state index contributed by atoms with van der Waals surface area (Å²) < 4.78 is 27.4. The predicted molar refractivity (Wildman–Crippen MR) is 132 cm³/mol. The molecule has 0 saturated heterocycles. The average molecular weight is 476 g/mol. The van der Waals surface area contributed by atoms with Crippen LogP contribution >= 0.6 is 11.8 Å². The minimum Gasteiger partial charge on any atom is -0.346 e. The van der Waals surface area contributed by atoms with Crippen LogP contribution in [0.5, 0.6) is 0 Å². The van der Waals surface area contributed by atoms with Crippen molar-refractivity contribution in [3.63, 3.8) is 0 Å². The van der Waals surface area contributed by atoms with E-state index in [0.29, 0.717) is 17.9 Å². The number of amides is 2. The quantitative estimate of drug-likeness (QED) is 0.463. The van der Waals surface area contributed by atoms with Gasteiger partial charge in [-0.2, -0.15) is 16.5 Å². The summed E-state index contributed by atoms with van der Waals surface area (Å²) in [5.74, 6) is -0.351. The van der Waals surface area contributed by atoms with E-state index < -0.39 is 22.0 Å².